The lowest BCUT2D eigenvalue weighted by molar-refractivity contribution is -0.115. The van der Waals surface area contributed by atoms with Gasteiger partial charge >= 0.3 is 0 Å². The molecule has 4 N–H and O–H groups in total. The fourth-order valence-electron chi connectivity index (χ4n) is 4.78. The van der Waals surface area contributed by atoms with Gasteiger partial charge in [0.05, 0.1) is 23.8 Å². The standard InChI is InChI=1S/C30H31ClN6O2/c1-30(32-17-21-15-27(38)33-25-16-22(31)11-14-24(25)28(21)36-30)35-23-12-9-20(10-13-23)29(39)34-26(18-37(2)3)19-7-5-4-6-8-19/h4-14,16-17,26,35-36H,15,18H2,1-3H3,(H,33,38)(H,34,39). The molecule has 0 saturated heterocycles. The van der Waals surface area contributed by atoms with E-state index in [9.17, 15) is 9.59 Å². The summed E-state index contributed by atoms with van der Waals surface area (Å²) in [7, 11) is 3.97. The molecule has 0 bridgehead atoms. The minimum atomic E-state index is -0.878. The van der Waals surface area contributed by atoms with E-state index < -0.39 is 5.79 Å². The number of nitrogens with zero attached hydrogens (tertiary/aromatic N) is 2. The summed E-state index contributed by atoms with van der Waals surface area (Å²) in [6.07, 6.45) is 1.94. The van der Waals surface area contributed by atoms with Crippen LogP contribution in [0.5, 0.6) is 0 Å². The number of amides is 2. The van der Waals surface area contributed by atoms with Crippen molar-refractivity contribution in [2.24, 2.45) is 4.99 Å². The van der Waals surface area contributed by atoms with Gasteiger partial charge in [-0.05, 0) is 69.0 Å². The fourth-order valence-corrected chi connectivity index (χ4v) is 4.96. The van der Waals surface area contributed by atoms with Crippen LogP contribution in [0.25, 0.3) is 5.70 Å². The molecule has 2 aliphatic rings. The van der Waals surface area contributed by atoms with E-state index in [0.717, 1.165) is 28.1 Å². The number of aliphatic imine (C=N–C) groups is 1. The Morgan fingerprint density at radius 3 is 2.56 bits per heavy atom. The van der Waals surface area contributed by atoms with Crippen LogP contribution < -0.4 is 21.3 Å². The smallest absolute Gasteiger partial charge is 0.251 e. The van der Waals surface area contributed by atoms with Crippen molar-refractivity contribution in [3.05, 3.63) is 100 Å². The minimum Gasteiger partial charge on any atom is -0.345 e. The number of hydrogen-bond acceptors (Lipinski definition) is 6. The Labute approximate surface area is 233 Å². The van der Waals surface area contributed by atoms with Crippen molar-refractivity contribution in [3.63, 3.8) is 0 Å². The summed E-state index contributed by atoms with van der Waals surface area (Å²) in [4.78, 5) is 32.2. The molecule has 2 atom stereocenters. The van der Waals surface area contributed by atoms with E-state index in [1.165, 1.54) is 0 Å². The van der Waals surface area contributed by atoms with Crippen molar-refractivity contribution < 1.29 is 9.59 Å². The molecule has 0 saturated carbocycles. The van der Waals surface area contributed by atoms with Crippen LogP contribution in [0, 0.1) is 0 Å². The predicted octanol–water partition coefficient (Wildman–Crippen LogP) is 4.89. The number of carbonyl (C=O) groups excluding carboxylic acids is 2. The molecule has 0 radical (unpaired) electrons. The van der Waals surface area contributed by atoms with Crippen LogP contribution in [0.1, 0.15) is 40.9 Å². The summed E-state index contributed by atoms with van der Waals surface area (Å²) in [5, 5.41) is 13.5. The molecule has 200 valence electrons. The molecule has 0 spiro atoms. The van der Waals surface area contributed by atoms with Gasteiger partial charge in [-0.2, -0.15) is 0 Å². The van der Waals surface area contributed by atoms with E-state index in [0.29, 0.717) is 22.8 Å². The zero-order valence-corrected chi connectivity index (χ0v) is 22.8. The van der Waals surface area contributed by atoms with Gasteiger partial charge in [-0.3, -0.25) is 9.59 Å². The third kappa shape index (κ3) is 6.13. The monoisotopic (exact) mass is 542 g/mol. The number of anilines is 2. The number of nitrogens with one attached hydrogen (secondary N) is 4. The number of halogens is 1. The Balaban J connectivity index is 1.30. The summed E-state index contributed by atoms with van der Waals surface area (Å²) in [5.41, 5.74) is 5.52. The average Bonchev–Trinajstić information content (AvgIpc) is 3.03. The molecule has 0 fully saturated rings. The molecule has 2 aliphatic heterocycles. The molecule has 3 aromatic carbocycles. The predicted molar refractivity (Wildman–Crippen MR) is 157 cm³/mol. The first-order chi connectivity index (χ1) is 18.7. The SMILES string of the molecule is CN(C)CC(NC(=O)c1ccc(NC2(C)N=CC3=C(N2)c2ccc(Cl)cc2NC(=O)C3)cc1)c1ccccc1. The minimum absolute atomic E-state index is 0.123. The highest BCUT2D eigenvalue weighted by molar-refractivity contribution is 6.31. The van der Waals surface area contributed by atoms with Gasteiger partial charge in [-0.1, -0.05) is 41.9 Å². The second-order valence-corrected chi connectivity index (χ2v) is 10.6. The molecule has 0 aliphatic carbocycles. The van der Waals surface area contributed by atoms with Crippen LogP contribution in [0.2, 0.25) is 5.02 Å². The maximum Gasteiger partial charge on any atom is 0.251 e. The summed E-state index contributed by atoms with van der Waals surface area (Å²) in [6.45, 7) is 2.60. The summed E-state index contributed by atoms with van der Waals surface area (Å²) < 4.78 is 0. The lowest BCUT2D eigenvalue weighted by atomic mass is 10.0. The molecule has 2 heterocycles. The molecule has 2 amide bonds. The maximum absolute atomic E-state index is 13.1. The van der Waals surface area contributed by atoms with Crippen LogP contribution in [-0.4, -0.2) is 49.4 Å². The summed E-state index contributed by atoms with van der Waals surface area (Å²) in [6, 6.07) is 22.6. The zero-order valence-electron chi connectivity index (χ0n) is 22.1. The Morgan fingerprint density at radius 1 is 1.10 bits per heavy atom. The number of fused-ring (bicyclic) bond motifs is 2. The Bertz CT molecular complexity index is 1450. The Morgan fingerprint density at radius 2 is 1.85 bits per heavy atom. The zero-order chi connectivity index (χ0) is 27.6. The molecule has 8 nitrogen and oxygen atoms in total. The van der Waals surface area contributed by atoms with Crippen molar-refractivity contribution in [2.75, 3.05) is 31.3 Å². The van der Waals surface area contributed by atoms with Gasteiger partial charge in [0.15, 0.2) is 0 Å². The van der Waals surface area contributed by atoms with Crippen molar-refractivity contribution in [1.82, 2.24) is 15.5 Å². The van der Waals surface area contributed by atoms with Crippen LogP contribution in [0.4, 0.5) is 11.4 Å². The Kier molecular flexibility index (Phi) is 7.41. The van der Waals surface area contributed by atoms with Gasteiger partial charge in [0.2, 0.25) is 11.7 Å². The van der Waals surface area contributed by atoms with Gasteiger partial charge in [0.1, 0.15) is 0 Å². The van der Waals surface area contributed by atoms with Crippen LogP contribution >= 0.6 is 11.6 Å². The van der Waals surface area contributed by atoms with E-state index in [4.69, 9.17) is 11.6 Å². The lowest BCUT2D eigenvalue weighted by Crippen LogP contribution is -2.48. The van der Waals surface area contributed by atoms with Crippen LogP contribution in [0.3, 0.4) is 0 Å². The van der Waals surface area contributed by atoms with Gasteiger partial charge in [-0.15, -0.1) is 0 Å². The van der Waals surface area contributed by atoms with Crippen LogP contribution in [-0.2, 0) is 4.79 Å². The molecule has 5 rings (SSSR count). The average molecular weight is 543 g/mol. The highest BCUT2D eigenvalue weighted by Gasteiger charge is 2.32. The Hall–Kier alpha value is -4.14. The first-order valence-electron chi connectivity index (χ1n) is 12.7. The van der Waals surface area contributed by atoms with E-state index in [2.05, 4.69) is 31.2 Å². The third-order valence-corrected chi connectivity index (χ3v) is 6.87. The van der Waals surface area contributed by atoms with Crippen molar-refractivity contribution in [2.45, 2.75) is 25.2 Å². The molecule has 0 aromatic heterocycles. The number of likely N-dealkylation sites (N-methyl/N-ethyl adjacent to an activating group) is 1. The van der Waals surface area contributed by atoms with E-state index in [1.807, 2.05) is 69.6 Å². The highest BCUT2D eigenvalue weighted by Crippen LogP contribution is 2.35. The van der Waals surface area contributed by atoms with Gasteiger partial charge in [0.25, 0.3) is 5.91 Å². The van der Waals surface area contributed by atoms with E-state index in [1.54, 1.807) is 30.5 Å². The number of rotatable bonds is 7. The molecule has 3 aromatic rings. The number of hydrogen-bond donors (Lipinski definition) is 4. The van der Waals surface area contributed by atoms with E-state index in [-0.39, 0.29) is 24.3 Å². The third-order valence-electron chi connectivity index (χ3n) is 6.63. The topological polar surface area (TPSA) is 97.9 Å². The summed E-state index contributed by atoms with van der Waals surface area (Å²) in [5.74, 6) is -1.14. The quantitative estimate of drug-likeness (QED) is 0.341. The first kappa shape index (κ1) is 26.5. The highest BCUT2D eigenvalue weighted by atomic mass is 35.5. The summed E-state index contributed by atoms with van der Waals surface area (Å²) >= 11 is 6.18. The molecular weight excluding hydrogens is 512 g/mol. The molecule has 2 unspecified atom stereocenters. The number of benzene rings is 3. The maximum atomic E-state index is 13.1. The van der Waals surface area contributed by atoms with Gasteiger partial charge in [0, 0.05) is 40.2 Å². The fraction of sp³-hybridized carbons (Fsp3) is 0.233. The van der Waals surface area contributed by atoms with E-state index >= 15 is 0 Å². The van der Waals surface area contributed by atoms with Crippen LogP contribution in [0.15, 0.2) is 83.4 Å². The second-order valence-electron chi connectivity index (χ2n) is 10.2. The number of carbonyl (C=O) groups is 2. The molecular formula is C30H31ClN6O2. The van der Waals surface area contributed by atoms with Crippen molar-refractivity contribution >= 4 is 46.7 Å². The molecule has 39 heavy (non-hydrogen) atoms. The van der Waals surface area contributed by atoms with Crippen molar-refractivity contribution in [3.8, 4) is 0 Å². The van der Waals surface area contributed by atoms with Gasteiger partial charge in [-0.25, -0.2) is 4.99 Å². The normalized spacial score (nSPS) is 18.8. The molecule has 9 heteroatoms. The second kappa shape index (κ2) is 10.9. The lowest BCUT2D eigenvalue weighted by Gasteiger charge is -2.34. The van der Waals surface area contributed by atoms with Crippen molar-refractivity contribution in [1.29, 1.82) is 0 Å². The largest absolute Gasteiger partial charge is 0.345 e. The van der Waals surface area contributed by atoms with Gasteiger partial charge < -0.3 is 26.2 Å². The first-order valence-corrected chi connectivity index (χ1v) is 13.1.